The van der Waals surface area contributed by atoms with Crippen molar-refractivity contribution in [1.82, 2.24) is 30.2 Å². The minimum Gasteiger partial charge on any atom is -0.381 e. The van der Waals surface area contributed by atoms with E-state index in [1.165, 1.54) is 0 Å². The summed E-state index contributed by atoms with van der Waals surface area (Å²) in [5.74, 6) is 0.835. The van der Waals surface area contributed by atoms with E-state index in [9.17, 15) is 0 Å². The maximum absolute atomic E-state index is 5.43. The second kappa shape index (κ2) is 6.20. The predicted molar refractivity (Wildman–Crippen MR) is 90.8 cm³/mol. The molecule has 24 heavy (non-hydrogen) atoms. The quantitative estimate of drug-likeness (QED) is 0.764. The highest BCUT2D eigenvalue weighted by Gasteiger charge is 2.20. The van der Waals surface area contributed by atoms with E-state index in [-0.39, 0.29) is 6.04 Å². The molecule has 0 bridgehead atoms. The zero-order valence-electron chi connectivity index (χ0n) is 13.9. The summed E-state index contributed by atoms with van der Waals surface area (Å²) in [4.78, 5) is 4.53. The Balaban J connectivity index is 1.73. The topological polar surface area (TPSA) is 93.5 Å². The average molecular weight is 327 g/mol. The lowest BCUT2D eigenvalue weighted by molar-refractivity contribution is 0.0904. The van der Waals surface area contributed by atoms with Crippen LogP contribution in [0.2, 0.25) is 0 Å². The van der Waals surface area contributed by atoms with E-state index >= 15 is 0 Å². The molecule has 1 fully saturated rings. The molecule has 0 saturated carbocycles. The molecular formula is C16H21N7O. The fourth-order valence-corrected chi connectivity index (χ4v) is 2.93. The van der Waals surface area contributed by atoms with Crippen molar-refractivity contribution in [2.24, 2.45) is 0 Å². The largest absolute Gasteiger partial charge is 0.381 e. The van der Waals surface area contributed by atoms with Gasteiger partial charge in [-0.2, -0.15) is 5.10 Å². The smallest absolute Gasteiger partial charge is 0.137 e. The van der Waals surface area contributed by atoms with Crippen LogP contribution in [-0.4, -0.2) is 49.4 Å². The maximum atomic E-state index is 5.43. The molecule has 0 aliphatic carbocycles. The first-order valence-corrected chi connectivity index (χ1v) is 8.32. The molecule has 2 N–H and O–H groups in total. The van der Waals surface area contributed by atoms with Crippen LogP contribution in [0.3, 0.4) is 0 Å². The van der Waals surface area contributed by atoms with Crippen LogP contribution in [0.25, 0.3) is 22.3 Å². The lowest BCUT2D eigenvalue weighted by Gasteiger charge is -2.23. The van der Waals surface area contributed by atoms with Gasteiger partial charge in [0, 0.05) is 31.5 Å². The van der Waals surface area contributed by atoms with Gasteiger partial charge in [0.2, 0.25) is 0 Å². The molecule has 8 nitrogen and oxygen atoms in total. The molecule has 3 aromatic rings. The van der Waals surface area contributed by atoms with Crippen molar-refractivity contribution in [2.75, 3.05) is 18.5 Å². The van der Waals surface area contributed by atoms with Crippen LogP contribution in [0.4, 0.5) is 5.82 Å². The summed E-state index contributed by atoms with van der Waals surface area (Å²) in [6.45, 7) is 5.71. The van der Waals surface area contributed by atoms with Gasteiger partial charge in [0.15, 0.2) is 0 Å². The molecule has 126 valence electrons. The van der Waals surface area contributed by atoms with E-state index in [4.69, 9.17) is 4.74 Å². The number of nitrogens with zero attached hydrogens (tertiary/aromatic N) is 5. The molecule has 0 atom stereocenters. The Morgan fingerprint density at radius 1 is 1.33 bits per heavy atom. The summed E-state index contributed by atoms with van der Waals surface area (Å²) in [6.07, 6.45) is 5.67. The first-order chi connectivity index (χ1) is 11.7. The Bertz CT molecular complexity index is 832. The molecule has 3 aromatic heterocycles. The summed E-state index contributed by atoms with van der Waals surface area (Å²) in [5, 5.41) is 20.5. The zero-order valence-corrected chi connectivity index (χ0v) is 13.9. The maximum Gasteiger partial charge on any atom is 0.137 e. The van der Waals surface area contributed by atoms with Crippen molar-refractivity contribution in [3.8, 4) is 11.4 Å². The summed E-state index contributed by atoms with van der Waals surface area (Å²) in [7, 11) is 0. The van der Waals surface area contributed by atoms with Crippen molar-refractivity contribution >= 4 is 16.7 Å². The van der Waals surface area contributed by atoms with E-state index < -0.39 is 0 Å². The number of fused-ring (bicyclic) bond motifs is 1. The zero-order chi connectivity index (χ0) is 16.5. The molecule has 4 heterocycles. The van der Waals surface area contributed by atoms with Gasteiger partial charge in [-0.1, -0.05) is 5.21 Å². The Kier molecular flexibility index (Phi) is 3.89. The van der Waals surface area contributed by atoms with E-state index in [2.05, 4.69) is 44.7 Å². The number of H-pyrrole nitrogens is 1. The Labute approximate surface area is 139 Å². The van der Waals surface area contributed by atoms with Gasteiger partial charge in [0.1, 0.15) is 17.2 Å². The highest BCUT2D eigenvalue weighted by Crippen LogP contribution is 2.30. The van der Waals surface area contributed by atoms with E-state index in [1.54, 1.807) is 6.20 Å². The summed E-state index contributed by atoms with van der Waals surface area (Å²) in [5.41, 5.74) is 2.46. The molecule has 1 saturated heterocycles. The van der Waals surface area contributed by atoms with Crippen LogP contribution in [-0.2, 0) is 4.74 Å². The Morgan fingerprint density at radius 2 is 2.17 bits per heavy atom. The molecular weight excluding hydrogens is 306 g/mol. The number of nitrogens with one attached hydrogen (secondary N) is 2. The lowest BCUT2D eigenvalue weighted by Crippen LogP contribution is -2.28. The Hall–Kier alpha value is -2.48. The van der Waals surface area contributed by atoms with Crippen LogP contribution in [0.1, 0.15) is 32.7 Å². The number of pyridine rings is 1. The molecule has 4 rings (SSSR count). The molecule has 0 radical (unpaired) electrons. The average Bonchev–Trinajstić information content (AvgIpc) is 3.23. The van der Waals surface area contributed by atoms with Gasteiger partial charge < -0.3 is 10.1 Å². The second-order valence-electron chi connectivity index (χ2n) is 6.36. The highest BCUT2D eigenvalue weighted by atomic mass is 16.5. The van der Waals surface area contributed by atoms with Crippen LogP contribution < -0.4 is 5.32 Å². The third-order valence-corrected chi connectivity index (χ3v) is 4.32. The molecule has 0 unspecified atom stereocenters. The number of hydrogen-bond donors (Lipinski definition) is 2. The minimum absolute atomic E-state index is 0.259. The van der Waals surface area contributed by atoms with E-state index in [1.807, 2.05) is 16.9 Å². The third-order valence-electron chi connectivity index (χ3n) is 4.32. The standard InChI is InChI=1S/C16H21N7O/c1-10(2)23-9-13(20-22-23)15-14-12(19-21-15)3-6-17-16(14)18-11-4-7-24-8-5-11/h3,6,9-11H,4-5,7-8H2,1-2H3,(H,17,18)(H,19,21). The number of aromatic amines is 1. The van der Waals surface area contributed by atoms with Crippen LogP contribution in [0.5, 0.6) is 0 Å². The lowest BCUT2D eigenvalue weighted by atomic mass is 10.1. The predicted octanol–water partition coefficient (Wildman–Crippen LogP) is 2.39. The van der Waals surface area contributed by atoms with Gasteiger partial charge in [-0.05, 0) is 32.8 Å². The van der Waals surface area contributed by atoms with Gasteiger partial charge in [-0.3, -0.25) is 5.10 Å². The first-order valence-electron chi connectivity index (χ1n) is 8.32. The van der Waals surface area contributed by atoms with Crippen LogP contribution in [0, 0.1) is 0 Å². The van der Waals surface area contributed by atoms with Gasteiger partial charge in [-0.15, -0.1) is 5.10 Å². The first kappa shape index (κ1) is 15.1. The fraction of sp³-hybridized carbons (Fsp3) is 0.500. The number of hydrogen-bond acceptors (Lipinski definition) is 6. The molecule has 8 heteroatoms. The van der Waals surface area contributed by atoms with Crippen molar-refractivity contribution in [3.05, 3.63) is 18.5 Å². The summed E-state index contributed by atoms with van der Waals surface area (Å²) >= 11 is 0. The monoisotopic (exact) mass is 327 g/mol. The van der Waals surface area contributed by atoms with Gasteiger partial charge >= 0.3 is 0 Å². The van der Waals surface area contributed by atoms with E-state index in [0.29, 0.717) is 6.04 Å². The van der Waals surface area contributed by atoms with Gasteiger partial charge in [0.25, 0.3) is 0 Å². The molecule has 1 aliphatic heterocycles. The number of anilines is 1. The number of aromatic nitrogens is 6. The molecule has 0 aromatic carbocycles. The summed E-state index contributed by atoms with van der Waals surface area (Å²) < 4.78 is 7.26. The van der Waals surface area contributed by atoms with Crippen molar-refractivity contribution < 1.29 is 4.74 Å². The second-order valence-corrected chi connectivity index (χ2v) is 6.36. The number of ether oxygens (including phenoxy) is 1. The Morgan fingerprint density at radius 3 is 2.92 bits per heavy atom. The number of rotatable bonds is 4. The molecule has 0 amide bonds. The van der Waals surface area contributed by atoms with Crippen LogP contribution >= 0.6 is 0 Å². The van der Waals surface area contributed by atoms with Gasteiger partial charge in [-0.25, -0.2) is 9.67 Å². The SMILES string of the molecule is CC(C)n1cc(-c2n[nH]c3ccnc(NC4CCOCC4)c23)nn1. The third kappa shape index (κ3) is 2.73. The van der Waals surface area contributed by atoms with Gasteiger partial charge in [0.05, 0.1) is 17.1 Å². The fourth-order valence-electron chi connectivity index (χ4n) is 2.93. The minimum atomic E-state index is 0.259. The van der Waals surface area contributed by atoms with E-state index in [0.717, 1.165) is 54.2 Å². The normalized spacial score (nSPS) is 16.1. The van der Waals surface area contributed by atoms with Crippen molar-refractivity contribution in [2.45, 2.75) is 38.8 Å². The molecule has 1 aliphatic rings. The molecule has 0 spiro atoms. The van der Waals surface area contributed by atoms with Crippen molar-refractivity contribution in [3.63, 3.8) is 0 Å². The van der Waals surface area contributed by atoms with Crippen molar-refractivity contribution in [1.29, 1.82) is 0 Å². The highest BCUT2D eigenvalue weighted by molar-refractivity contribution is 5.99. The summed E-state index contributed by atoms with van der Waals surface area (Å²) in [6, 6.07) is 2.55. The van der Waals surface area contributed by atoms with Crippen LogP contribution in [0.15, 0.2) is 18.5 Å².